The van der Waals surface area contributed by atoms with Crippen LogP contribution in [0.2, 0.25) is 0 Å². The Morgan fingerprint density at radius 3 is 2.56 bits per heavy atom. The highest BCUT2D eigenvalue weighted by Gasteiger charge is 2.21. The van der Waals surface area contributed by atoms with Crippen LogP contribution in [0.25, 0.3) is 16.9 Å². The zero-order valence-electron chi connectivity index (χ0n) is 18.3. The van der Waals surface area contributed by atoms with Gasteiger partial charge >= 0.3 is 5.97 Å². The van der Waals surface area contributed by atoms with Crippen LogP contribution in [0, 0.1) is 0 Å². The predicted octanol–water partition coefficient (Wildman–Crippen LogP) is 3.22. The van der Waals surface area contributed by atoms with Crippen LogP contribution in [0.5, 0.6) is 0 Å². The first-order valence-corrected chi connectivity index (χ1v) is 11.1. The van der Waals surface area contributed by atoms with Crippen LogP contribution >= 0.6 is 0 Å². The molecular weight excluding hydrogens is 406 g/mol. The second-order valence-electron chi connectivity index (χ2n) is 8.05. The van der Waals surface area contributed by atoms with E-state index in [1.165, 1.54) is 26.4 Å². The average Bonchev–Trinajstić information content (AvgIpc) is 3.20. The molecule has 32 heavy (non-hydrogen) atoms. The lowest BCUT2D eigenvalue weighted by Crippen LogP contribution is -2.29. The van der Waals surface area contributed by atoms with Gasteiger partial charge in [0.05, 0.1) is 12.7 Å². The molecule has 8 nitrogen and oxygen atoms in total. The highest BCUT2D eigenvalue weighted by atomic mass is 16.5. The first kappa shape index (κ1) is 21.8. The van der Waals surface area contributed by atoms with Gasteiger partial charge in [-0.25, -0.2) is 9.78 Å². The molecule has 4 N–H and O–H groups in total. The highest BCUT2D eigenvalue weighted by Crippen LogP contribution is 2.32. The summed E-state index contributed by atoms with van der Waals surface area (Å²) in [6, 6.07) is 11.2. The van der Waals surface area contributed by atoms with E-state index in [0.717, 1.165) is 29.9 Å². The van der Waals surface area contributed by atoms with Gasteiger partial charge in [-0.15, -0.1) is 0 Å². The molecule has 0 saturated heterocycles. The molecule has 1 aliphatic rings. The fourth-order valence-electron chi connectivity index (χ4n) is 4.14. The number of carbonyl (C=O) groups is 2. The molecule has 1 saturated carbocycles. The summed E-state index contributed by atoms with van der Waals surface area (Å²) in [4.78, 5) is 29.0. The average molecular weight is 436 g/mol. The van der Waals surface area contributed by atoms with Crippen molar-refractivity contribution in [3.63, 3.8) is 0 Å². The van der Waals surface area contributed by atoms with Gasteiger partial charge in [0.2, 0.25) is 0 Å². The van der Waals surface area contributed by atoms with Crippen LogP contribution in [0.3, 0.4) is 0 Å². The molecule has 0 atom stereocenters. The van der Waals surface area contributed by atoms with Crippen molar-refractivity contribution in [3.8, 4) is 11.3 Å². The van der Waals surface area contributed by atoms with Crippen molar-refractivity contribution < 1.29 is 14.3 Å². The molecule has 1 amide bonds. The van der Waals surface area contributed by atoms with E-state index in [-0.39, 0.29) is 11.9 Å². The first-order chi connectivity index (χ1) is 15.6. The Bertz CT molecular complexity index is 1100. The lowest BCUT2D eigenvalue weighted by Gasteiger charge is -2.24. The maximum atomic E-state index is 12.4. The molecule has 0 bridgehead atoms. The van der Waals surface area contributed by atoms with Crippen LogP contribution in [0.15, 0.2) is 42.6 Å². The van der Waals surface area contributed by atoms with Crippen LogP contribution in [0.1, 0.15) is 52.8 Å². The monoisotopic (exact) mass is 435 g/mol. The lowest BCUT2D eigenvalue weighted by molar-refractivity contribution is 0.0600. The van der Waals surface area contributed by atoms with Gasteiger partial charge in [-0.2, -0.15) is 0 Å². The fraction of sp³-hybridized carbons (Fsp3) is 0.375. The van der Waals surface area contributed by atoms with Gasteiger partial charge in [0.25, 0.3) is 5.91 Å². The first-order valence-electron chi connectivity index (χ1n) is 11.1. The molecule has 0 aliphatic heterocycles. The molecule has 0 spiro atoms. The molecule has 1 fully saturated rings. The Labute approximate surface area is 187 Å². The van der Waals surface area contributed by atoms with E-state index in [0.29, 0.717) is 35.9 Å². The number of carbonyl (C=O) groups excluding carboxylic acids is 2. The minimum absolute atomic E-state index is 0.174. The lowest BCUT2D eigenvalue weighted by atomic mass is 9.95. The van der Waals surface area contributed by atoms with Gasteiger partial charge in [0.1, 0.15) is 17.2 Å². The van der Waals surface area contributed by atoms with E-state index in [1.54, 1.807) is 24.3 Å². The van der Waals surface area contributed by atoms with Crippen LogP contribution in [0.4, 0.5) is 5.82 Å². The number of pyridine rings is 1. The third-order valence-electron chi connectivity index (χ3n) is 5.84. The van der Waals surface area contributed by atoms with Crippen molar-refractivity contribution in [1.82, 2.24) is 14.7 Å². The number of rotatable bonds is 7. The van der Waals surface area contributed by atoms with E-state index in [9.17, 15) is 9.59 Å². The van der Waals surface area contributed by atoms with Crippen LogP contribution in [-0.4, -0.2) is 47.5 Å². The Balaban J connectivity index is 1.73. The zero-order valence-corrected chi connectivity index (χ0v) is 18.3. The number of aromatic nitrogens is 2. The number of amides is 1. The number of nitrogens with zero attached hydrogens (tertiary/aromatic N) is 2. The van der Waals surface area contributed by atoms with Gasteiger partial charge in [0, 0.05) is 36.5 Å². The van der Waals surface area contributed by atoms with Crippen LogP contribution in [-0.2, 0) is 4.74 Å². The van der Waals surface area contributed by atoms with Gasteiger partial charge in [-0.3, -0.25) is 9.20 Å². The minimum Gasteiger partial charge on any atom is -0.465 e. The standard InChI is InChI=1S/C24H29N5O3/c1-32-24(31)17-9-7-16(8-10-17)21-22(27-19-5-3-2-4-6-19)29-14-11-18(15-20(29)28-21)23(30)26-13-12-25/h7-11,14-15,19,27H,2-6,12-13,25H2,1H3,(H,26,30). The predicted molar refractivity (Wildman–Crippen MR) is 124 cm³/mol. The molecule has 168 valence electrons. The summed E-state index contributed by atoms with van der Waals surface area (Å²) >= 11 is 0. The summed E-state index contributed by atoms with van der Waals surface area (Å²) in [5, 5.41) is 6.49. The quantitative estimate of drug-likeness (QED) is 0.492. The van der Waals surface area contributed by atoms with Crippen molar-refractivity contribution in [2.24, 2.45) is 5.73 Å². The number of anilines is 1. The maximum Gasteiger partial charge on any atom is 0.337 e. The summed E-state index contributed by atoms with van der Waals surface area (Å²) in [6.45, 7) is 0.809. The van der Waals surface area contributed by atoms with Gasteiger partial charge < -0.3 is 21.1 Å². The molecule has 1 aliphatic carbocycles. The maximum absolute atomic E-state index is 12.4. The number of hydrogen-bond acceptors (Lipinski definition) is 6. The summed E-state index contributed by atoms with van der Waals surface area (Å²) in [6.07, 6.45) is 7.80. The summed E-state index contributed by atoms with van der Waals surface area (Å²) in [7, 11) is 1.37. The third kappa shape index (κ3) is 4.60. The molecule has 1 aromatic carbocycles. The van der Waals surface area contributed by atoms with Crippen molar-refractivity contribution >= 4 is 23.3 Å². The SMILES string of the molecule is COC(=O)c1ccc(-c2nc3cc(C(=O)NCCN)ccn3c2NC2CCCCC2)cc1. The molecule has 3 aromatic rings. The molecule has 4 rings (SSSR count). The van der Waals surface area contributed by atoms with Gasteiger partial charge in [0.15, 0.2) is 0 Å². The molecule has 0 radical (unpaired) electrons. The van der Waals surface area contributed by atoms with Crippen molar-refractivity contribution in [3.05, 3.63) is 53.7 Å². The molecule has 8 heteroatoms. The van der Waals surface area contributed by atoms with Gasteiger partial charge in [-0.05, 0) is 37.1 Å². The summed E-state index contributed by atoms with van der Waals surface area (Å²) < 4.78 is 6.78. The summed E-state index contributed by atoms with van der Waals surface area (Å²) in [5.41, 5.74) is 8.86. The van der Waals surface area contributed by atoms with E-state index in [2.05, 4.69) is 10.6 Å². The van der Waals surface area contributed by atoms with E-state index < -0.39 is 0 Å². The van der Waals surface area contributed by atoms with E-state index in [1.807, 2.05) is 22.7 Å². The fourth-order valence-corrected chi connectivity index (χ4v) is 4.14. The van der Waals surface area contributed by atoms with E-state index in [4.69, 9.17) is 15.5 Å². The Morgan fingerprint density at radius 2 is 1.88 bits per heavy atom. The third-order valence-corrected chi connectivity index (χ3v) is 5.84. The number of nitrogens with one attached hydrogen (secondary N) is 2. The highest BCUT2D eigenvalue weighted by molar-refractivity contribution is 5.95. The molecular formula is C24H29N5O3. The Hall–Kier alpha value is -3.39. The molecule has 2 aromatic heterocycles. The Kier molecular flexibility index (Phi) is 6.70. The number of imidazole rings is 1. The number of esters is 1. The number of ether oxygens (including phenoxy) is 1. The minimum atomic E-state index is -0.375. The van der Waals surface area contributed by atoms with E-state index >= 15 is 0 Å². The Morgan fingerprint density at radius 1 is 1.12 bits per heavy atom. The second-order valence-corrected chi connectivity index (χ2v) is 8.05. The largest absolute Gasteiger partial charge is 0.465 e. The number of benzene rings is 1. The second kappa shape index (κ2) is 9.82. The normalized spacial score (nSPS) is 14.3. The molecule has 2 heterocycles. The smallest absolute Gasteiger partial charge is 0.337 e. The topological polar surface area (TPSA) is 111 Å². The zero-order chi connectivity index (χ0) is 22.5. The number of nitrogens with two attached hydrogens (primary N) is 1. The van der Waals surface area contributed by atoms with Crippen molar-refractivity contribution in [2.75, 3.05) is 25.5 Å². The van der Waals surface area contributed by atoms with Crippen LogP contribution < -0.4 is 16.4 Å². The van der Waals surface area contributed by atoms with Crippen molar-refractivity contribution in [1.29, 1.82) is 0 Å². The molecule has 0 unspecified atom stereocenters. The number of fused-ring (bicyclic) bond motifs is 1. The van der Waals surface area contributed by atoms with Crippen molar-refractivity contribution in [2.45, 2.75) is 38.1 Å². The van der Waals surface area contributed by atoms with Gasteiger partial charge in [-0.1, -0.05) is 31.4 Å². The number of hydrogen-bond donors (Lipinski definition) is 3. The summed E-state index contributed by atoms with van der Waals surface area (Å²) in [5.74, 6) is 0.346. The number of methoxy groups -OCH3 is 1.